The van der Waals surface area contributed by atoms with Crippen LogP contribution >= 0.6 is 23.1 Å². The molecule has 2 heterocycles. The first-order valence-corrected chi connectivity index (χ1v) is 11.8. The lowest BCUT2D eigenvalue weighted by Crippen LogP contribution is -2.38. The summed E-state index contributed by atoms with van der Waals surface area (Å²) in [6, 6.07) is 14.0. The van der Waals surface area contributed by atoms with E-state index in [1.165, 1.54) is 28.7 Å². The van der Waals surface area contributed by atoms with E-state index in [4.69, 9.17) is 4.42 Å². The van der Waals surface area contributed by atoms with Crippen LogP contribution < -0.4 is 10.6 Å². The zero-order valence-electron chi connectivity index (χ0n) is 17.2. The first-order chi connectivity index (χ1) is 14.7. The normalized spacial score (nSPS) is 12.1. The first kappa shape index (κ1) is 22.3. The van der Waals surface area contributed by atoms with E-state index in [-0.39, 0.29) is 11.9 Å². The summed E-state index contributed by atoms with van der Waals surface area (Å²) in [6.07, 6.45) is 1.67. The maximum absolute atomic E-state index is 12.4. The second kappa shape index (κ2) is 11.7. The van der Waals surface area contributed by atoms with Crippen molar-refractivity contribution in [1.29, 1.82) is 0 Å². The number of carbonyl (C=O) groups excluding carboxylic acids is 1. The standard InChI is InChI=1S/C21H27N5O2S2/c1-3-26(4-2)17(18-11-8-12-28-18)14-22-19(27)15-29-21-25-24-20(30-21)23-13-16-9-6-5-7-10-16/h5-12,17H,3-4,13-15H2,1-2H3,(H,22,27)(H,23,24)/t17-/m1/s1. The topological polar surface area (TPSA) is 83.3 Å². The fraction of sp³-hybridized carbons (Fsp3) is 0.381. The van der Waals surface area contributed by atoms with Gasteiger partial charge < -0.3 is 15.1 Å². The molecule has 0 radical (unpaired) electrons. The number of benzene rings is 1. The van der Waals surface area contributed by atoms with Gasteiger partial charge in [-0.25, -0.2) is 0 Å². The Kier molecular flexibility index (Phi) is 8.73. The zero-order chi connectivity index (χ0) is 21.2. The van der Waals surface area contributed by atoms with Crippen molar-refractivity contribution in [1.82, 2.24) is 20.4 Å². The van der Waals surface area contributed by atoms with Crippen LogP contribution in [0.5, 0.6) is 0 Å². The Balaban J connectivity index is 1.44. The monoisotopic (exact) mass is 445 g/mol. The summed E-state index contributed by atoms with van der Waals surface area (Å²) in [6.45, 7) is 7.19. The van der Waals surface area contributed by atoms with E-state index in [9.17, 15) is 4.79 Å². The Bertz CT molecular complexity index is 882. The molecule has 0 saturated heterocycles. The molecular formula is C21H27N5O2S2. The van der Waals surface area contributed by atoms with Crippen molar-refractivity contribution in [3.05, 3.63) is 60.1 Å². The minimum Gasteiger partial charge on any atom is -0.468 e. The molecule has 0 aliphatic heterocycles. The van der Waals surface area contributed by atoms with Crippen LogP contribution in [0.2, 0.25) is 0 Å². The Labute approximate surface area is 185 Å². The quantitative estimate of drug-likeness (QED) is 0.407. The number of carbonyl (C=O) groups is 1. The van der Waals surface area contributed by atoms with E-state index in [1.807, 2.05) is 30.3 Å². The van der Waals surface area contributed by atoms with E-state index in [0.29, 0.717) is 18.8 Å². The van der Waals surface area contributed by atoms with Crippen molar-refractivity contribution in [3.8, 4) is 0 Å². The van der Waals surface area contributed by atoms with Crippen LogP contribution in [0.1, 0.15) is 31.2 Å². The van der Waals surface area contributed by atoms with Gasteiger partial charge in [-0.1, -0.05) is 67.3 Å². The highest BCUT2D eigenvalue weighted by molar-refractivity contribution is 8.01. The number of likely N-dealkylation sites (N-methyl/N-ethyl adjacent to an activating group) is 1. The fourth-order valence-electron chi connectivity index (χ4n) is 3.06. The van der Waals surface area contributed by atoms with E-state index < -0.39 is 0 Å². The molecule has 9 heteroatoms. The van der Waals surface area contributed by atoms with Crippen LogP contribution in [0.25, 0.3) is 0 Å². The summed E-state index contributed by atoms with van der Waals surface area (Å²) >= 11 is 2.85. The molecule has 160 valence electrons. The largest absolute Gasteiger partial charge is 0.468 e. The smallest absolute Gasteiger partial charge is 0.230 e. The number of hydrogen-bond acceptors (Lipinski definition) is 8. The minimum absolute atomic E-state index is 0.0271. The molecular weight excluding hydrogens is 418 g/mol. The van der Waals surface area contributed by atoms with Gasteiger partial charge in [-0.15, -0.1) is 10.2 Å². The van der Waals surface area contributed by atoms with Gasteiger partial charge in [0.1, 0.15) is 5.76 Å². The van der Waals surface area contributed by atoms with Gasteiger partial charge in [0.2, 0.25) is 11.0 Å². The molecule has 1 aromatic carbocycles. The molecule has 30 heavy (non-hydrogen) atoms. The maximum Gasteiger partial charge on any atom is 0.230 e. The van der Waals surface area contributed by atoms with Crippen LogP contribution in [-0.4, -0.2) is 46.4 Å². The van der Waals surface area contributed by atoms with E-state index in [0.717, 1.165) is 28.3 Å². The van der Waals surface area contributed by atoms with Crippen LogP contribution in [0.3, 0.4) is 0 Å². The van der Waals surface area contributed by atoms with Gasteiger partial charge in [-0.3, -0.25) is 9.69 Å². The third kappa shape index (κ3) is 6.58. The highest BCUT2D eigenvalue weighted by Crippen LogP contribution is 2.26. The van der Waals surface area contributed by atoms with Gasteiger partial charge in [-0.2, -0.15) is 0 Å². The second-order valence-corrected chi connectivity index (χ2v) is 8.76. The Morgan fingerprint density at radius 1 is 1.17 bits per heavy atom. The number of anilines is 1. The highest BCUT2D eigenvalue weighted by Gasteiger charge is 2.21. The predicted octanol–water partition coefficient (Wildman–Crippen LogP) is 4.03. The molecule has 0 saturated carbocycles. The third-order valence-corrected chi connectivity index (χ3v) is 6.65. The van der Waals surface area contributed by atoms with Gasteiger partial charge in [0.15, 0.2) is 4.34 Å². The van der Waals surface area contributed by atoms with Crippen LogP contribution in [0.15, 0.2) is 57.5 Å². The average molecular weight is 446 g/mol. The van der Waals surface area contributed by atoms with Gasteiger partial charge in [0.05, 0.1) is 18.1 Å². The molecule has 1 atom stereocenters. The molecule has 7 nitrogen and oxygen atoms in total. The summed E-state index contributed by atoms with van der Waals surface area (Å²) in [5.41, 5.74) is 1.18. The highest BCUT2D eigenvalue weighted by atomic mass is 32.2. The summed E-state index contributed by atoms with van der Waals surface area (Å²) in [5.74, 6) is 1.14. The summed E-state index contributed by atoms with van der Waals surface area (Å²) in [4.78, 5) is 14.6. The average Bonchev–Trinajstić information content (AvgIpc) is 3.47. The summed E-state index contributed by atoms with van der Waals surface area (Å²) < 4.78 is 6.35. The van der Waals surface area contributed by atoms with Crippen molar-refractivity contribution >= 4 is 34.1 Å². The maximum atomic E-state index is 12.4. The first-order valence-electron chi connectivity index (χ1n) is 9.97. The van der Waals surface area contributed by atoms with E-state index >= 15 is 0 Å². The molecule has 2 aromatic heterocycles. The molecule has 0 fully saturated rings. The van der Waals surface area contributed by atoms with Gasteiger partial charge in [-0.05, 0) is 30.8 Å². The van der Waals surface area contributed by atoms with Gasteiger partial charge in [0.25, 0.3) is 0 Å². The SMILES string of the molecule is CCN(CC)[C@H](CNC(=O)CSc1nnc(NCc2ccccc2)s1)c1ccco1. The predicted molar refractivity (Wildman–Crippen MR) is 122 cm³/mol. The number of rotatable bonds is 12. The molecule has 3 rings (SSSR count). The zero-order valence-corrected chi connectivity index (χ0v) is 18.8. The van der Waals surface area contributed by atoms with Gasteiger partial charge in [0, 0.05) is 13.1 Å². The Morgan fingerprint density at radius 3 is 2.67 bits per heavy atom. The van der Waals surface area contributed by atoms with E-state index in [2.05, 4.69) is 51.7 Å². The lowest BCUT2D eigenvalue weighted by Gasteiger charge is -2.28. The minimum atomic E-state index is -0.0299. The number of amides is 1. The van der Waals surface area contributed by atoms with E-state index in [1.54, 1.807) is 6.26 Å². The number of thioether (sulfide) groups is 1. The molecule has 0 bridgehead atoms. The lowest BCUT2D eigenvalue weighted by atomic mass is 10.2. The molecule has 2 N–H and O–H groups in total. The molecule has 0 aliphatic carbocycles. The number of hydrogen-bond donors (Lipinski definition) is 2. The fourth-order valence-corrected chi connectivity index (χ4v) is 4.63. The Hall–Kier alpha value is -2.36. The summed E-state index contributed by atoms with van der Waals surface area (Å²) in [7, 11) is 0. The van der Waals surface area contributed by atoms with Crippen molar-refractivity contribution in [2.45, 2.75) is 30.8 Å². The number of furan rings is 1. The van der Waals surface area contributed by atoms with Crippen LogP contribution in [-0.2, 0) is 11.3 Å². The number of nitrogens with zero attached hydrogens (tertiary/aromatic N) is 3. The number of aromatic nitrogens is 2. The van der Waals surface area contributed by atoms with Crippen molar-refractivity contribution < 1.29 is 9.21 Å². The summed E-state index contributed by atoms with van der Waals surface area (Å²) in [5, 5.41) is 15.3. The van der Waals surface area contributed by atoms with Crippen LogP contribution in [0.4, 0.5) is 5.13 Å². The molecule has 0 unspecified atom stereocenters. The van der Waals surface area contributed by atoms with Gasteiger partial charge >= 0.3 is 0 Å². The van der Waals surface area contributed by atoms with Crippen molar-refractivity contribution in [2.24, 2.45) is 0 Å². The van der Waals surface area contributed by atoms with Crippen LogP contribution in [0, 0.1) is 0 Å². The Morgan fingerprint density at radius 2 is 1.97 bits per heavy atom. The number of nitrogens with one attached hydrogen (secondary N) is 2. The lowest BCUT2D eigenvalue weighted by molar-refractivity contribution is -0.118. The molecule has 3 aromatic rings. The third-order valence-electron chi connectivity index (χ3n) is 4.64. The molecule has 0 aliphatic rings. The molecule has 1 amide bonds. The van der Waals surface area contributed by atoms with Crippen molar-refractivity contribution in [2.75, 3.05) is 30.7 Å². The molecule has 0 spiro atoms. The van der Waals surface area contributed by atoms with Crippen molar-refractivity contribution in [3.63, 3.8) is 0 Å². The second-order valence-electron chi connectivity index (χ2n) is 6.56.